The number of esters is 1. The van der Waals surface area contributed by atoms with Crippen molar-refractivity contribution in [3.05, 3.63) is 69.9 Å². The molecular weight excluding hydrogens is 355 g/mol. The van der Waals surface area contributed by atoms with E-state index in [-0.39, 0.29) is 29.9 Å². The quantitative estimate of drug-likeness (QED) is 0.490. The summed E-state index contributed by atoms with van der Waals surface area (Å²) in [5.74, 6) is -1.89. The molecule has 1 aromatic heterocycles. The van der Waals surface area contributed by atoms with Crippen LogP contribution in [0.15, 0.2) is 47.3 Å². The fourth-order valence-corrected chi connectivity index (χ4v) is 2.50. The van der Waals surface area contributed by atoms with Crippen molar-refractivity contribution in [1.82, 2.24) is 9.97 Å². The van der Waals surface area contributed by atoms with Crippen LogP contribution in [0.3, 0.4) is 0 Å². The van der Waals surface area contributed by atoms with Crippen molar-refractivity contribution < 1.29 is 23.5 Å². The van der Waals surface area contributed by atoms with E-state index in [2.05, 4.69) is 9.97 Å². The first-order chi connectivity index (χ1) is 12.9. The first-order valence-corrected chi connectivity index (χ1v) is 8.12. The Morgan fingerprint density at radius 1 is 0.852 bits per heavy atom. The predicted molar refractivity (Wildman–Crippen MR) is 94.2 cm³/mol. The molecule has 0 aliphatic carbocycles. The molecule has 0 bridgehead atoms. The molecule has 138 valence electrons. The van der Waals surface area contributed by atoms with Gasteiger partial charge in [0.1, 0.15) is 5.82 Å². The number of benzene rings is 2. The van der Waals surface area contributed by atoms with Gasteiger partial charge in [-0.2, -0.15) is 0 Å². The van der Waals surface area contributed by atoms with E-state index in [0.717, 1.165) is 0 Å². The number of H-pyrrole nitrogens is 2. The fourth-order valence-electron chi connectivity index (χ4n) is 2.50. The number of aromatic amines is 2. The van der Waals surface area contributed by atoms with Gasteiger partial charge in [-0.1, -0.05) is 0 Å². The lowest BCUT2D eigenvalue weighted by Gasteiger charge is -2.05. The van der Waals surface area contributed by atoms with Gasteiger partial charge in [0.15, 0.2) is 18.2 Å². The maximum atomic E-state index is 12.8. The van der Waals surface area contributed by atoms with E-state index in [1.54, 1.807) is 6.07 Å². The van der Waals surface area contributed by atoms with Gasteiger partial charge in [0.2, 0.25) is 0 Å². The highest BCUT2D eigenvalue weighted by atomic mass is 19.1. The number of carbonyl (C=O) groups is 3. The van der Waals surface area contributed by atoms with Crippen molar-refractivity contribution in [2.24, 2.45) is 0 Å². The monoisotopic (exact) mass is 370 g/mol. The zero-order chi connectivity index (χ0) is 19.4. The number of hydrogen-bond acceptors (Lipinski definition) is 5. The highest BCUT2D eigenvalue weighted by Crippen LogP contribution is 2.12. The molecule has 3 aromatic rings. The molecule has 0 aliphatic heterocycles. The molecule has 0 radical (unpaired) electrons. The second-order valence-corrected chi connectivity index (χ2v) is 5.85. The van der Waals surface area contributed by atoms with Crippen molar-refractivity contribution >= 4 is 28.6 Å². The second-order valence-electron chi connectivity index (χ2n) is 5.85. The SMILES string of the molecule is O=C(CCC(=O)c1ccc(F)cc1)OCC(=O)c1ccc2[nH]c(=O)[nH]c2c1. The number of hydrogen-bond donors (Lipinski definition) is 2. The van der Waals surface area contributed by atoms with E-state index >= 15 is 0 Å². The van der Waals surface area contributed by atoms with Crippen LogP contribution in [0.4, 0.5) is 4.39 Å². The number of imidazole rings is 1. The summed E-state index contributed by atoms with van der Waals surface area (Å²) in [5.41, 5.74) is 1.24. The molecule has 3 rings (SSSR count). The molecular formula is C19H15FN2O5. The topological polar surface area (TPSA) is 109 Å². The minimum atomic E-state index is -0.685. The normalized spacial score (nSPS) is 10.7. The average Bonchev–Trinajstić information content (AvgIpc) is 3.03. The van der Waals surface area contributed by atoms with E-state index in [1.165, 1.54) is 36.4 Å². The molecule has 0 saturated carbocycles. The lowest BCUT2D eigenvalue weighted by atomic mass is 10.1. The Hall–Kier alpha value is -3.55. The van der Waals surface area contributed by atoms with Gasteiger partial charge in [-0.05, 0) is 42.5 Å². The van der Waals surface area contributed by atoms with E-state index in [9.17, 15) is 23.6 Å². The number of rotatable bonds is 7. The van der Waals surface area contributed by atoms with Crippen LogP contribution >= 0.6 is 0 Å². The van der Waals surface area contributed by atoms with Crippen LogP contribution in [0.2, 0.25) is 0 Å². The first kappa shape index (κ1) is 18.2. The zero-order valence-electron chi connectivity index (χ0n) is 14.1. The van der Waals surface area contributed by atoms with Crippen molar-refractivity contribution in [1.29, 1.82) is 0 Å². The lowest BCUT2D eigenvalue weighted by molar-refractivity contribution is -0.142. The molecule has 0 atom stereocenters. The predicted octanol–water partition coefficient (Wildman–Crippen LogP) is 2.38. The summed E-state index contributed by atoms with van der Waals surface area (Å²) in [6.45, 7) is -0.469. The second kappa shape index (κ2) is 7.77. The molecule has 0 saturated heterocycles. The average molecular weight is 370 g/mol. The van der Waals surface area contributed by atoms with Gasteiger partial charge in [-0.15, -0.1) is 0 Å². The van der Waals surface area contributed by atoms with Crippen molar-refractivity contribution in [3.8, 4) is 0 Å². The smallest absolute Gasteiger partial charge is 0.323 e. The molecule has 7 nitrogen and oxygen atoms in total. The largest absolute Gasteiger partial charge is 0.457 e. The van der Waals surface area contributed by atoms with E-state index in [0.29, 0.717) is 16.6 Å². The highest BCUT2D eigenvalue weighted by Gasteiger charge is 2.14. The Labute approximate surface area is 152 Å². The summed E-state index contributed by atoms with van der Waals surface area (Å²) in [7, 11) is 0. The summed E-state index contributed by atoms with van der Waals surface area (Å²) in [4.78, 5) is 52.1. The molecule has 2 aromatic carbocycles. The van der Waals surface area contributed by atoms with Gasteiger partial charge in [0.25, 0.3) is 0 Å². The van der Waals surface area contributed by atoms with Gasteiger partial charge in [0.05, 0.1) is 17.5 Å². The maximum absolute atomic E-state index is 12.8. The standard InChI is InChI=1S/C19H15FN2O5/c20-13-4-1-11(2-5-13)16(23)7-8-18(25)27-10-17(24)12-3-6-14-15(9-12)22-19(26)21-14/h1-6,9H,7-8,10H2,(H2,21,22,26). The number of ketones is 2. The van der Waals surface area contributed by atoms with Crippen molar-refractivity contribution in [2.45, 2.75) is 12.8 Å². The van der Waals surface area contributed by atoms with Gasteiger partial charge >= 0.3 is 11.7 Å². The molecule has 0 fully saturated rings. The van der Waals surface area contributed by atoms with Crippen molar-refractivity contribution in [2.75, 3.05) is 6.61 Å². The van der Waals surface area contributed by atoms with Gasteiger partial charge in [-0.25, -0.2) is 9.18 Å². The number of carbonyl (C=O) groups excluding carboxylic acids is 3. The van der Waals surface area contributed by atoms with Crippen LogP contribution in [0, 0.1) is 5.82 Å². The number of ether oxygens (including phenoxy) is 1. The highest BCUT2D eigenvalue weighted by molar-refractivity contribution is 6.01. The number of aromatic nitrogens is 2. The van der Waals surface area contributed by atoms with E-state index in [4.69, 9.17) is 4.74 Å². The van der Waals surface area contributed by atoms with Gasteiger partial charge in [-0.3, -0.25) is 14.4 Å². The summed E-state index contributed by atoms with van der Waals surface area (Å²) in [6.07, 6.45) is -0.289. The third kappa shape index (κ3) is 4.55. The third-order valence-corrected chi connectivity index (χ3v) is 3.92. The Balaban J connectivity index is 1.50. The minimum Gasteiger partial charge on any atom is -0.457 e. The molecule has 8 heteroatoms. The lowest BCUT2D eigenvalue weighted by Crippen LogP contribution is -2.15. The Bertz CT molecular complexity index is 1070. The summed E-state index contributed by atoms with van der Waals surface area (Å²) in [6, 6.07) is 9.59. The molecule has 0 amide bonds. The number of halogens is 1. The van der Waals surface area contributed by atoms with Crippen LogP contribution in [0.25, 0.3) is 11.0 Å². The van der Waals surface area contributed by atoms with Gasteiger partial charge in [0, 0.05) is 17.5 Å². The van der Waals surface area contributed by atoms with Gasteiger partial charge < -0.3 is 14.7 Å². The minimum absolute atomic E-state index is 0.102. The van der Waals surface area contributed by atoms with E-state index < -0.39 is 24.2 Å². The zero-order valence-corrected chi connectivity index (χ0v) is 14.1. The Morgan fingerprint density at radius 3 is 2.26 bits per heavy atom. The molecule has 2 N–H and O–H groups in total. The van der Waals surface area contributed by atoms with Crippen LogP contribution in [0.1, 0.15) is 33.6 Å². The molecule has 0 spiro atoms. The van der Waals surface area contributed by atoms with Crippen LogP contribution in [-0.2, 0) is 9.53 Å². The van der Waals surface area contributed by atoms with Crippen LogP contribution < -0.4 is 5.69 Å². The Morgan fingerprint density at radius 2 is 1.52 bits per heavy atom. The van der Waals surface area contributed by atoms with Crippen LogP contribution in [0.5, 0.6) is 0 Å². The molecule has 27 heavy (non-hydrogen) atoms. The van der Waals surface area contributed by atoms with E-state index in [1.807, 2.05) is 0 Å². The third-order valence-electron chi connectivity index (χ3n) is 3.92. The number of nitrogens with one attached hydrogen (secondary N) is 2. The maximum Gasteiger partial charge on any atom is 0.323 e. The van der Waals surface area contributed by atoms with Crippen molar-refractivity contribution in [3.63, 3.8) is 0 Å². The molecule has 0 aliphatic rings. The number of fused-ring (bicyclic) bond motifs is 1. The summed E-state index contributed by atoms with van der Waals surface area (Å²) in [5, 5.41) is 0. The summed E-state index contributed by atoms with van der Waals surface area (Å²) < 4.78 is 17.7. The number of Topliss-reactive ketones (excluding diaryl/α,β-unsaturated/α-hetero) is 2. The fraction of sp³-hybridized carbons (Fsp3) is 0.158. The van der Waals surface area contributed by atoms with Crippen LogP contribution in [-0.4, -0.2) is 34.1 Å². The summed E-state index contributed by atoms with van der Waals surface area (Å²) >= 11 is 0. The first-order valence-electron chi connectivity index (χ1n) is 8.12. The Kier molecular flexibility index (Phi) is 5.25. The molecule has 0 unspecified atom stereocenters. The molecule has 1 heterocycles.